The third kappa shape index (κ3) is 5.08. The van der Waals surface area contributed by atoms with Gasteiger partial charge in [-0.25, -0.2) is 4.98 Å². The first-order valence-electron chi connectivity index (χ1n) is 9.21. The first kappa shape index (κ1) is 19.8. The largest absolute Gasteiger partial charge is 0.350 e. The van der Waals surface area contributed by atoms with Crippen LogP contribution in [0.25, 0.3) is 0 Å². The molecule has 0 spiro atoms. The minimum absolute atomic E-state index is 0.0168. The highest BCUT2D eigenvalue weighted by molar-refractivity contribution is 7.09. The minimum atomic E-state index is -0.0347. The molecular weight excluding hydrogens is 382 g/mol. The number of aromatic nitrogens is 1. The van der Waals surface area contributed by atoms with Crippen LogP contribution in [0.4, 0.5) is 0 Å². The molecule has 1 atom stereocenters. The lowest BCUT2D eigenvalue weighted by Crippen LogP contribution is -2.39. The highest BCUT2D eigenvalue weighted by atomic mass is 35.5. The van der Waals surface area contributed by atoms with Crippen LogP contribution in [0.3, 0.4) is 0 Å². The van der Waals surface area contributed by atoms with Gasteiger partial charge < -0.3 is 10.2 Å². The zero-order chi connectivity index (χ0) is 19.4. The summed E-state index contributed by atoms with van der Waals surface area (Å²) in [6.07, 6.45) is 1.97. The number of hydrogen-bond acceptors (Lipinski definition) is 4. The third-order valence-electron chi connectivity index (χ3n) is 4.67. The van der Waals surface area contributed by atoms with E-state index in [1.54, 1.807) is 35.6 Å². The standard InChI is InChI=1S/C20H24ClN3O2S/c1-13(2)18(25)22-10-17-12-27-19(23-17)15-6-4-8-24(11-15)20(26)14-5-3-7-16(21)9-14/h3,5,7,9,12-13,15H,4,6,8,10-11H2,1-2H3,(H,22,25)/t15-/m1/s1. The fraction of sp³-hybridized carbons (Fsp3) is 0.450. The van der Waals surface area contributed by atoms with Gasteiger partial charge in [0.15, 0.2) is 0 Å². The van der Waals surface area contributed by atoms with Crippen LogP contribution in [-0.4, -0.2) is 34.8 Å². The molecule has 2 heterocycles. The number of thiazole rings is 1. The summed E-state index contributed by atoms with van der Waals surface area (Å²) in [6.45, 7) is 5.61. The molecule has 2 amide bonds. The number of nitrogens with zero attached hydrogens (tertiary/aromatic N) is 2. The van der Waals surface area contributed by atoms with Gasteiger partial charge in [0.2, 0.25) is 5.91 Å². The summed E-state index contributed by atoms with van der Waals surface area (Å²) in [4.78, 5) is 31.1. The first-order chi connectivity index (χ1) is 12.9. The Labute approximate surface area is 168 Å². The maximum atomic E-state index is 12.8. The normalized spacial score (nSPS) is 17.2. The Morgan fingerprint density at radius 2 is 2.22 bits per heavy atom. The number of carbonyl (C=O) groups excluding carboxylic acids is 2. The molecule has 144 valence electrons. The number of piperidine rings is 1. The summed E-state index contributed by atoms with van der Waals surface area (Å²) in [7, 11) is 0. The van der Waals surface area contributed by atoms with Gasteiger partial charge in [0.25, 0.3) is 5.91 Å². The predicted molar refractivity (Wildman–Crippen MR) is 108 cm³/mol. The molecule has 2 aromatic rings. The lowest BCUT2D eigenvalue weighted by Gasteiger charge is -2.32. The molecule has 1 aliphatic rings. The fourth-order valence-electron chi connectivity index (χ4n) is 3.14. The molecule has 0 saturated carbocycles. The maximum Gasteiger partial charge on any atom is 0.253 e. The summed E-state index contributed by atoms with van der Waals surface area (Å²) in [6, 6.07) is 7.09. The molecule has 1 aromatic heterocycles. The number of halogens is 1. The lowest BCUT2D eigenvalue weighted by atomic mass is 9.98. The molecule has 1 saturated heterocycles. The highest BCUT2D eigenvalue weighted by Gasteiger charge is 2.27. The van der Waals surface area contributed by atoms with E-state index in [1.807, 2.05) is 24.1 Å². The Hall–Kier alpha value is -1.92. The fourth-order valence-corrected chi connectivity index (χ4v) is 4.28. The smallest absolute Gasteiger partial charge is 0.253 e. The van der Waals surface area contributed by atoms with E-state index < -0.39 is 0 Å². The van der Waals surface area contributed by atoms with Gasteiger partial charge >= 0.3 is 0 Å². The van der Waals surface area contributed by atoms with Gasteiger partial charge in [-0.05, 0) is 31.0 Å². The van der Waals surface area contributed by atoms with Crippen molar-refractivity contribution >= 4 is 34.8 Å². The lowest BCUT2D eigenvalue weighted by molar-refractivity contribution is -0.124. The van der Waals surface area contributed by atoms with E-state index in [-0.39, 0.29) is 23.7 Å². The molecule has 7 heteroatoms. The number of amides is 2. The number of benzene rings is 1. The zero-order valence-corrected chi connectivity index (χ0v) is 17.1. The molecule has 1 fully saturated rings. The monoisotopic (exact) mass is 405 g/mol. The van der Waals surface area contributed by atoms with E-state index >= 15 is 0 Å². The average molecular weight is 406 g/mol. The Balaban J connectivity index is 1.63. The van der Waals surface area contributed by atoms with Crippen LogP contribution in [0.1, 0.15) is 53.7 Å². The molecule has 1 aromatic carbocycles. The Bertz CT molecular complexity index is 821. The zero-order valence-electron chi connectivity index (χ0n) is 15.6. The van der Waals surface area contributed by atoms with Crippen LogP contribution in [-0.2, 0) is 11.3 Å². The van der Waals surface area contributed by atoms with Crippen LogP contribution >= 0.6 is 22.9 Å². The van der Waals surface area contributed by atoms with Crippen LogP contribution in [0.5, 0.6) is 0 Å². The third-order valence-corrected chi connectivity index (χ3v) is 5.96. The van der Waals surface area contributed by atoms with Crippen molar-refractivity contribution in [3.8, 4) is 0 Å². The van der Waals surface area contributed by atoms with Crippen molar-refractivity contribution in [2.45, 2.75) is 39.2 Å². The van der Waals surface area contributed by atoms with Gasteiger partial charge in [-0.15, -0.1) is 11.3 Å². The van der Waals surface area contributed by atoms with Crippen molar-refractivity contribution in [3.63, 3.8) is 0 Å². The van der Waals surface area contributed by atoms with Crippen molar-refractivity contribution in [3.05, 3.63) is 50.9 Å². The van der Waals surface area contributed by atoms with E-state index in [2.05, 4.69) is 5.32 Å². The molecule has 1 N–H and O–H groups in total. The first-order valence-corrected chi connectivity index (χ1v) is 10.5. The van der Waals surface area contributed by atoms with Gasteiger partial charge in [-0.3, -0.25) is 9.59 Å². The van der Waals surface area contributed by atoms with E-state index in [0.29, 0.717) is 23.7 Å². The van der Waals surface area contributed by atoms with Crippen molar-refractivity contribution in [2.24, 2.45) is 5.92 Å². The SMILES string of the molecule is CC(C)C(=O)NCc1csc([C@@H]2CCCN(C(=O)c3cccc(Cl)c3)C2)n1. The van der Waals surface area contributed by atoms with Crippen LogP contribution < -0.4 is 5.32 Å². The quantitative estimate of drug-likeness (QED) is 0.814. The summed E-state index contributed by atoms with van der Waals surface area (Å²) >= 11 is 7.62. The number of likely N-dealkylation sites (tertiary alicyclic amines) is 1. The van der Waals surface area contributed by atoms with Crippen LogP contribution in [0.15, 0.2) is 29.6 Å². The summed E-state index contributed by atoms with van der Waals surface area (Å²) in [5, 5.41) is 6.50. The van der Waals surface area contributed by atoms with Crippen molar-refractivity contribution < 1.29 is 9.59 Å². The van der Waals surface area contributed by atoms with Gasteiger partial charge in [0, 0.05) is 40.9 Å². The predicted octanol–water partition coefficient (Wildman–Crippen LogP) is 4.09. The van der Waals surface area contributed by atoms with Crippen LogP contribution in [0, 0.1) is 5.92 Å². The molecule has 0 aliphatic carbocycles. The molecule has 0 unspecified atom stereocenters. The molecule has 1 aliphatic heterocycles. The molecular formula is C20H24ClN3O2S. The van der Waals surface area contributed by atoms with Crippen molar-refractivity contribution in [1.82, 2.24) is 15.2 Å². The van der Waals surface area contributed by atoms with E-state index in [0.717, 1.165) is 30.1 Å². The Morgan fingerprint density at radius 3 is 2.96 bits per heavy atom. The molecule has 3 rings (SSSR count). The maximum absolute atomic E-state index is 12.8. The van der Waals surface area contributed by atoms with Gasteiger partial charge in [-0.1, -0.05) is 31.5 Å². The highest BCUT2D eigenvalue weighted by Crippen LogP contribution is 2.30. The Morgan fingerprint density at radius 1 is 1.41 bits per heavy atom. The number of carbonyl (C=O) groups is 2. The molecule has 5 nitrogen and oxygen atoms in total. The molecule has 27 heavy (non-hydrogen) atoms. The second-order valence-electron chi connectivity index (χ2n) is 7.15. The Kier molecular flexibility index (Phi) is 6.50. The average Bonchev–Trinajstić information content (AvgIpc) is 3.14. The van der Waals surface area contributed by atoms with E-state index in [1.165, 1.54) is 0 Å². The second-order valence-corrected chi connectivity index (χ2v) is 8.48. The summed E-state index contributed by atoms with van der Waals surface area (Å²) in [5.74, 6) is 0.248. The minimum Gasteiger partial charge on any atom is -0.350 e. The number of hydrogen-bond donors (Lipinski definition) is 1. The summed E-state index contributed by atoms with van der Waals surface area (Å²) < 4.78 is 0. The van der Waals surface area contributed by atoms with E-state index in [4.69, 9.17) is 16.6 Å². The molecule has 0 radical (unpaired) electrons. The van der Waals surface area contributed by atoms with E-state index in [9.17, 15) is 9.59 Å². The van der Waals surface area contributed by atoms with Gasteiger partial charge in [0.05, 0.1) is 17.2 Å². The number of rotatable bonds is 5. The van der Waals surface area contributed by atoms with Crippen LogP contribution in [0.2, 0.25) is 5.02 Å². The second kappa shape index (κ2) is 8.85. The molecule has 0 bridgehead atoms. The van der Waals surface area contributed by atoms with Gasteiger partial charge in [0.1, 0.15) is 0 Å². The summed E-state index contributed by atoms with van der Waals surface area (Å²) in [5.41, 5.74) is 1.50. The topological polar surface area (TPSA) is 62.3 Å². The number of nitrogens with one attached hydrogen (secondary N) is 1. The van der Waals surface area contributed by atoms with Crippen molar-refractivity contribution in [1.29, 1.82) is 0 Å². The van der Waals surface area contributed by atoms with Crippen molar-refractivity contribution in [2.75, 3.05) is 13.1 Å². The van der Waals surface area contributed by atoms with Gasteiger partial charge in [-0.2, -0.15) is 0 Å².